The van der Waals surface area contributed by atoms with Gasteiger partial charge in [0.1, 0.15) is 0 Å². The largest absolute Gasteiger partial charge is 0.399 e. The number of benzene rings is 2. The molecule has 0 saturated heterocycles. The summed E-state index contributed by atoms with van der Waals surface area (Å²) in [7, 11) is 0. The third kappa shape index (κ3) is 1.79. The fourth-order valence-corrected chi connectivity index (χ4v) is 2.85. The fraction of sp³-hybridized carbons (Fsp3) is 0.0588. The van der Waals surface area contributed by atoms with Gasteiger partial charge >= 0.3 is 5.69 Å². The Morgan fingerprint density at radius 1 is 1.09 bits per heavy atom. The van der Waals surface area contributed by atoms with Crippen molar-refractivity contribution in [2.75, 3.05) is 5.73 Å². The molecule has 22 heavy (non-hydrogen) atoms. The molecule has 0 unspecified atom stereocenters. The SMILES string of the molecule is Cc1cc2n[nH]c(=O)n2c2ccc(-c3cccc(N)c3)cc12. The molecule has 0 fully saturated rings. The molecule has 0 aliphatic rings. The smallest absolute Gasteiger partial charge is 0.348 e. The summed E-state index contributed by atoms with van der Waals surface area (Å²) in [6.07, 6.45) is 0. The highest BCUT2D eigenvalue weighted by atomic mass is 16.1. The highest BCUT2D eigenvalue weighted by Crippen LogP contribution is 2.27. The van der Waals surface area contributed by atoms with Crippen LogP contribution in [0.15, 0.2) is 53.3 Å². The van der Waals surface area contributed by atoms with Gasteiger partial charge in [-0.05, 0) is 53.9 Å². The number of nitrogens with zero attached hydrogens (tertiary/aromatic N) is 2. The number of fused-ring (bicyclic) bond motifs is 3. The van der Waals surface area contributed by atoms with Gasteiger partial charge in [-0.15, -0.1) is 0 Å². The Kier molecular flexibility index (Phi) is 2.56. The number of aromatic amines is 1. The van der Waals surface area contributed by atoms with Crippen LogP contribution in [0.2, 0.25) is 0 Å². The van der Waals surface area contributed by atoms with Gasteiger partial charge in [0, 0.05) is 11.1 Å². The average molecular weight is 290 g/mol. The van der Waals surface area contributed by atoms with Crippen molar-refractivity contribution in [2.24, 2.45) is 0 Å². The molecule has 4 aromatic rings. The molecule has 0 spiro atoms. The van der Waals surface area contributed by atoms with E-state index in [0.717, 1.165) is 33.3 Å². The van der Waals surface area contributed by atoms with Gasteiger partial charge in [0.15, 0.2) is 5.65 Å². The molecule has 0 aliphatic heterocycles. The summed E-state index contributed by atoms with van der Waals surface area (Å²) >= 11 is 0. The number of hydrogen-bond donors (Lipinski definition) is 2. The average Bonchev–Trinajstić information content (AvgIpc) is 2.88. The Morgan fingerprint density at radius 2 is 1.91 bits per heavy atom. The van der Waals surface area contributed by atoms with E-state index in [4.69, 9.17) is 5.73 Å². The number of H-pyrrole nitrogens is 1. The Bertz CT molecular complexity index is 1080. The van der Waals surface area contributed by atoms with Gasteiger partial charge < -0.3 is 5.73 Å². The monoisotopic (exact) mass is 290 g/mol. The Labute approximate surface area is 126 Å². The van der Waals surface area contributed by atoms with Gasteiger partial charge in [-0.25, -0.2) is 14.3 Å². The lowest BCUT2D eigenvalue weighted by Gasteiger charge is -2.08. The van der Waals surface area contributed by atoms with E-state index in [-0.39, 0.29) is 5.69 Å². The molecule has 3 N–H and O–H groups in total. The molecule has 4 rings (SSSR count). The molecule has 2 aromatic carbocycles. The van der Waals surface area contributed by atoms with Gasteiger partial charge in [-0.2, -0.15) is 5.10 Å². The first-order chi connectivity index (χ1) is 10.6. The van der Waals surface area contributed by atoms with Gasteiger partial charge in [-0.1, -0.05) is 18.2 Å². The van der Waals surface area contributed by atoms with Gasteiger partial charge in [0.25, 0.3) is 0 Å². The number of nitrogens with two attached hydrogens (primary N) is 1. The van der Waals surface area contributed by atoms with Crippen LogP contribution in [0.5, 0.6) is 0 Å². The van der Waals surface area contributed by atoms with Crippen LogP contribution in [0.1, 0.15) is 5.56 Å². The highest BCUT2D eigenvalue weighted by Gasteiger charge is 2.09. The number of aromatic nitrogens is 3. The van der Waals surface area contributed by atoms with Crippen molar-refractivity contribution >= 4 is 22.2 Å². The summed E-state index contributed by atoms with van der Waals surface area (Å²) in [5.41, 5.74) is 11.0. The first-order valence-electron chi connectivity index (χ1n) is 7.00. The summed E-state index contributed by atoms with van der Waals surface area (Å²) in [5, 5.41) is 7.54. The molecule has 0 radical (unpaired) electrons. The van der Waals surface area contributed by atoms with Crippen LogP contribution in [0, 0.1) is 6.92 Å². The minimum atomic E-state index is -0.225. The van der Waals surface area contributed by atoms with Crippen LogP contribution >= 0.6 is 0 Å². The van der Waals surface area contributed by atoms with Crippen LogP contribution in [0.4, 0.5) is 5.69 Å². The second kappa shape index (κ2) is 4.46. The molecule has 0 aliphatic carbocycles. The number of nitrogens with one attached hydrogen (secondary N) is 1. The number of pyridine rings is 1. The first-order valence-corrected chi connectivity index (χ1v) is 7.00. The van der Waals surface area contributed by atoms with Crippen molar-refractivity contribution in [1.82, 2.24) is 14.6 Å². The molecule has 0 amide bonds. The maximum atomic E-state index is 11.9. The van der Waals surface area contributed by atoms with Gasteiger partial charge in [0.05, 0.1) is 5.52 Å². The van der Waals surface area contributed by atoms with E-state index >= 15 is 0 Å². The molecule has 2 heterocycles. The lowest BCUT2D eigenvalue weighted by Crippen LogP contribution is -2.10. The van der Waals surface area contributed by atoms with E-state index in [9.17, 15) is 4.79 Å². The standard InChI is InChI=1S/C17H14N4O/c1-10-7-16-19-20-17(22)21(16)15-6-5-12(9-14(10)15)11-3-2-4-13(18)8-11/h2-9H,18H2,1H3,(H,20,22). The predicted octanol–water partition coefficient (Wildman–Crippen LogP) is 2.73. The van der Waals surface area contributed by atoms with Crippen LogP contribution in [-0.4, -0.2) is 14.6 Å². The van der Waals surface area contributed by atoms with Crippen molar-refractivity contribution in [3.8, 4) is 11.1 Å². The van der Waals surface area contributed by atoms with E-state index in [1.54, 1.807) is 4.40 Å². The third-order valence-electron chi connectivity index (χ3n) is 3.93. The minimum Gasteiger partial charge on any atom is -0.399 e. The van der Waals surface area contributed by atoms with Crippen LogP contribution in [0.25, 0.3) is 27.7 Å². The number of aryl methyl sites for hydroxylation is 1. The molecule has 2 aromatic heterocycles. The fourth-order valence-electron chi connectivity index (χ4n) is 2.85. The normalized spacial score (nSPS) is 11.3. The van der Waals surface area contributed by atoms with E-state index in [1.807, 2.05) is 49.4 Å². The minimum absolute atomic E-state index is 0.225. The molecule has 0 atom stereocenters. The van der Waals surface area contributed by atoms with Crippen LogP contribution < -0.4 is 11.4 Å². The molecule has 5 heteroatoms. The zero-order valence-corrected chi connectivity index (χ0v) is 12.0. The molecular formula is C17H14N4O. The Balaban J connectivity index is 2.06. The van der Waals surface area contributed by atoms with Crippen LogP contribution in [0.3, 0.4) is 0 Å². The molecule has 108 valence electrons. The van der Waals surface area contributed by atoms with Gasteiger partial charge in [-0.3, -0.25) is 0 Å². The molecule has 0 saturated carbocycles. The maximum absolute atomic E-state index is 11.9. The lowest BCUT2D eigenvalue weighted by molar-refractivity contribution is 1.04. The van der Waals surface area contributed by atoms with Crippen molar-refractivity contribution in [2.45, 2.75) is 6.92 Å². The van der Waals surface area contributed by atoms with Crippen molar-refractivity contribution in [1.29, 1.82) is 0 Å². The number of rotatable bonds is 1. The molecule has 0 bridgehead atoms. The molecule has 5 nitrogen and oxygen atoms in total. The van der Waals surface area contributed by atoms with Gasteiger partial charge in [0.2, 0.25) is 0 Å². The Morgan fingerprint density at radius 3 is 2.73 bits per heavy atom. The second-order valence-corrected chi connectivity index (χ2v) is 5.41. The number of anilines is 1. The summed E-state index contributed by atoms with van der Waals surface area (Å²) in [6.45, 7) is 2.02. The highest BCUT2D eigenvalue weighted by molar-refractivity contribution is 5.89. The number of nitrogen functional groups attached to an aromatic ring is 1. The summed E-state index contributed by atoms with van der Waals surface area (Å²) < 4.78 is 1.59. The second-order valence-electron chi connectivity index (χ2n) is 5.41. The lowest BCUT2D eigenvalue weighted by atomic mass is 10.0. The molecular weight excluding hydrogens is 276 g/mol. The first kappa shape index (κ1) is 12.6. The van der Waals surface area contributed by atoms with Crippen molar-refractivity contribution in [3.63, 3.8) is 0 Å². The number of hydrogen-bond acceptors (Lipinski definition) is 3. The predicted molar refractivity (Wildman–Crippen MR) is 87.9 cm³/mol. The Hall–Kier alpha value is -3.08. The summed E-state index contributed by atoms with van der Waals surface area (Å²) in [4.78, 5) is 11.9. The summed E-state index contributed by atoms with van der Waals surface area (Å²) in [6, 6.07) is 15.7. The van der Waals surface area contributed by atoms with Crippen molar-refractivity contribution < 1.29 is 0 Å². The quantitative estimate of drug-likeness (QED) is 0.529. The van der Waals surface area contributed by atoms with E-state index in [2.05, 4.69) is 16.3 Å². The third-order valence-corrected chi connectivity index (χ3v) is 3.93. The van der Waals surface area contributed by atoms with E-state index < -0.39 is 0 Å². The van der Waals surface area contributed by atoms with Crippen LogP contribution in [-0.2, 0) is 0 Å². The van der Waals surface area contributed by atoms with E-state index in [0.29, 0.717) is 5.65 Å². The maximum Gasteiger partial charge on any atom is 0.348 e. The topological polar surface area (TPSA) is 76.2 Å². The van der Waals surface area contributed by atoms with E-state index in [1.165, 1.54) is 0 Å². The zero-order valence-electron chi connectivity index (χ0n) is 12.0. The van der Waals surface area contributed by atoms with Crippen molar-refractivity contribution in [3.05, 3.63) is 64.6 Å². The zero-order chi connectivity index (χ0) is 15.3. The summed E-state index contributed by atoms with van der Waals surface area (Å²) in [5.74, 6) is 0.